The molecule has 6 nitrogen and oxygen atoms in total. The zero-order valence-electron chi connectivity index (χ0n) is 8.04. The smallest absolute Gasteiger partial charge is 0.402 e. The lowest BCUT2D eigenvalue weighted by Crippen LogP contribution is -2.41. The summed E-state index contributed by atoms with van der Waals surface area (Å²) in [6.07, 6.45) is -4.89. The second kappa shape index (κ2) is 6.01. The number of aliphatic carboxylic acids is 1. The number of alkyl halides is 3. The highest BCUT2D eigenvalue weighted by molar-refractivity contribution is 7.87. The Labute approximate surface area is 90.0 Å². The van der Waals surface area contributed by atoms with Crippen molar-refractivity contribution in [2.75, 3.05) is 13.1 Å². The molecule has 3 N–H and O–H groups in total. The molecule has 0 aromatic heterocycles. The summed E-state index contributed by atoms with van der Waals surface area (Å²) in [7, 11) is -4.23. The van der Waals surface area contributed by atoms with Crippen LogP contribution < -0.4 is 9.44 Å². The third-order valence-electron chi connectivity index (χ3n) is 1.32. The molecule has 0 rings (SSSR count). The zero-order chi connectivity index (χ0) is 12.8. The lowest BCUT2D eigenvalue weighted by atomic mass is 10.3. The van der Waals surface area contributed by atoms with Gasteiger partial charge in [-0.05, 0) is 6.42 Å². The predicted molar refractivity (Wildman–Crippen MR) is 47.9 cm³/mol. The molecule has 0 bridgehead atoms. The molecule has 0 aromatic carbocycles. The van der Waals surface area contributed by atoms with Crippen LogP contribution in [0.25, 0.3) is 0 Å². The fourth-order valence-corrected chi connectivity index (χ4v) is 1.54. The Morgan fingerprint density at radius 2 is 1.81 bits per heavy atom. The summed E-state index contributed by atoms with van der Waals surface area (Å²) in [5.41, 5.74) is 0. The molecule has 10 heteroatoms. The molecule has 0 fully saturated rings. The molecule has 0 unspecified atom stereocenters. The van der Waals surface area contributed by atoms with E-state index in [1.54, 1.807) is 4.72 Å². The van der Waals surface area contributed by atoms with Gasteiger partial charge in [-0.3, -0.25) is 4.79 Å². The first-order valence-electron chi connectivity index (χ1n) is 4.15. The minimum Gasteiger partial charge on any atom is -0.481 e. The molecule has 96 valence electrons. The van der Waals surface area contributed by atoms with E-state index in [0.717, 1.165) is 0 Å². The van der Waals surface area contributed by atoms with Crippen LogP contribution in [0.2, 0.25) is 0 Å². The Morgan fingerprint density at radius 1 is 1.25 bits per heavy atom. The van der Waals surface area contributed by atoms with Crippen LogP contribution in [0.15, 0.2) is 0 Å². The third kappa shape index (κ3) is 9.68. The van der Waals surface area contributed by atoms with E-state index in [0.29, 0.717) is 0 Å². The highest BCUT2D eigenvalue weighted by Gasteiger charge is 2.29. The average Bonchev–Trinajstić information content (AvgIpc) is 2.08. The van der Waals surface area contributed by atoms with E-state index in [4.69, 9.17) is 5.11 Å². The highest BCUT2D eigenvalue weighted by atomic mass is 32.2. The first-order chi connectivity index (χ1) is 7.12. The molecule has 0 aliphatic rings. The first-order valence-corrected chi connectivity index (χ1v) is 5.63. The number of halogens is 3. The van der Waals surface area contributed by atoms with Crippen LogP contribution in [0.1, 0.15) is 12.8 Å². The van der Waals surface area contributed by atoms with Crippen LogP contribution in [-0.2, 0) is 15.0 Å². The molecule has 0 amide bonds. The van der Waals surface area contributed by atoms with Crippen LogP contribution in [0, 0.1) is 0 Å². The van der Waals surface area contributed by atoms with Gasteiger partial charge in [-0.25, -0.2) is 4.72 Å². The maximum absolute atomic E-state index is 11.6. The quantitative estimate of drug-likeness (QED) is 0.557. The second-order valence-corrected chi connectivity index (χ2v) is 4.42. The van der Waals surface area contributed by atoms with Crippen molar-refractivity contribution >= 4 is 16.2 Å². The van der Waals surface area contributed by atoms with Crippen molar-refractivity contribution in [2.24, 2.45) is 0 Å². The minimum absolute atomic E-state index is 0.00224. The fourth-order valence-electron chi connectivity index (χ4n) is 0.674. The van der Waals surface area contributed by atoms with Crippen LogP contribution >= 0.6 is 0 Å². The lowest BCUT2D eigenvalue weighted by Gasteiger charge is -2.09. The molecule has 0 atom stereocenters. The first kappa shape index (κ1) is 15.1. The highest BCUT2D eigenvalue weighted by Crippen LogP contribution is 2.12. The van der Waals surface area contributed by atoms with E-state index in [2.05, 4.69) is 0 Å². The predicted octanol–water partition coefficient (Wildman–Crippen LogP) is -0.163. The largest absolute Gasteiger partial charge is 0.481 e. The number of hydrogen-bond donors (Lipinski definition) is 3. The van der Waals surface area contributed by atoms with Gasteiger partial charge in [0.1, 0.15) is 6.54 Å². The summed E-state index contributed by atoms with van der Waals surface area (Å²) in [6, 6.07) is 0. The number of nitrogens with one attached hydrogen (secondary N) is 2. The summed E-state index contributed by atoms with van der Waals surface area (Å²) in [5.74, 6) is -1.11. The minimum atomic E-state index is -4.63. The third-order valence-corrected chi connectivity index (χ3v) is 2.43. The van der Waals surface area contributed by atoms with Crippen molar-refractivity contribution in [2.45, 2.75) is 19.0 Å². The van der Waals surface area contributed by atoms with Gasteiger partial charge in [0.05, 0.1) is 0 Å². The van der Waals surface area contributed by atoms with Crippen LogP contribution in [0.3, 0.4) is 0 Å². The number of carboxylic acid groups (broad SMARTS) is 1. The molecular weight excluding hydrogens is 253 g/mol. The van der Waals surface area contributed by atoms with Gasteiger partial charge in [0.25, 0.3) is 10.2 Å². The van der Waals surface area contributed by atoms with Crippen molar-refractivity contribution in [3.63, 3.8) is 0 Å². The van der Waals surface area contributed by atoms with Gasteiger partial charge >= 0.3 is 12.1 Å². The maximum atomic E-state index is 11.6. The van der Waals surface area contributed by atoms with Gasteiger partial charge in [-0.2, -0.15) is 26.3 Å². The molecule has 0 aromatic rings. The van der Waals surface area contributed by atoms with Gasteiger partial charge in [0, 0.05) is 13.0 Å². The fraction of sp³-hybridized carbons (Fsp3) is 0.833. The van der Waals surface area contributed by atoms with E-state index >= 15 is 0 Å². The molecule has 0 radical (unpaired) electrons. The van der Waals surface area contributed by atoms with Gasteiger partial charge in [0.15, 0.2) is 0 Å². The summed E-state index contributed by atoms with van der Waals surface area (Å²) in [6.45, 7) is -1.90. The Kier molecular flexibility index (Phi) is 5.68. The molecule has 0 aliphatic heterocycles. The van der Waals surface area contributed by atoms with Crippen molar-refractivity contribution < 1.29 is 31.5 Å². The summed E-state index contributed by atoms with van der Waals surface area (Å²) < 4.78 is 59.7. The molecule has 0 saturated heterocycles. The number of carboxylic acids is 1. The SMILES string of the molecule is O=C(O)CCCNS(=O)(=O)NCC(F)(F)F. The molecule has 0 saturated carbocycles. The standard InChI is InChI=1S/C6H11F3N2O4S/c7-6(8,9)4-11-16(14,15)10-3-1-2-5(12)13/h10-11H,1-4H2,(H,12,13). The van der Waals surface area contributed by atoms with E-state index in [1.807, 2.05) is 0 Å². The normalized spacial score (nSPS) is 12.7. The summed E-state index contributed by atoms with van der Waals surface area (Å²) in [4.78, 5) is 10.0. The van der Waals surface area contributed by atoms with Crippen molar-refractivity contribution in [1.29, 1.82) is 0 Å². The van der Waals surface area contributed by atoms with Crippen molar-refractivity contribution in [3.8, 4) is 0 Å². The lowest BCUT2D eigenvalue weighted by molar-refractivity contribution is -0.137. The number of rotatable bonds is 7. The Morgan fingerprint density at radius 3 is 2.25 bits per heavy atom. The van der Waals surface area contributed by atoms with Gasteiger partial charge in [-0.1, -0.05) is 0 Å². The van der Waals surface area contributed by atoms with E-state index in [9.17, 15) is 26.4 Å². The Balaban J connectivity index is 3.84. The van der Waals surface area contributed by atoms with E-state index in [-0.39, 0.29) is 19.4 Å². The van der Waals surface area contributed by atoms with Crippen LogP contribution in [0.5, 0.6) is 0 Å². The van der Waals surface area contributed by atoms with Crippen molar-refractivity contribution in [3.05, 3.63) is 0 Å². The maximum Gasteiger partial charge on any atom is 0.402 e. The second-order valence-electron chi connectivity index (χ2n) is 2.83. The van der Waals surface area contributed by atoms with E-state index < -0.39 is 28.9 Å². The topological polar surface area (TPSA) is 95.5 Å². The molecule has 16 heavy (non-hydrogen) atoms. The van der Waals surface area contributed by atoms with Gasteiger partial charge < -0.3 is 5.11 Å². The van der Waals surface area contributed by atoms with Crippen LogP contribution in [0.4, 0.5) is 13.2 Å². The molecule has 0 heterocycles. The van der Waals surface area contributed by atoms with Crippen molar-refractivity contribution in [1.82, 2.24) is 9.44 Å². The van der Waals surface area contributed by atoms with Gasteiger partial charge in [0.2, 0.25) is 0 Å². The zero-order valence-corrected chi connectivity index (χ0v) is 8.86. The Bertz CT molecular complexity index is 327. The van der Waals surface area contributed by atoms with E-state index in [1.165, 1.54) is 4.72 Å². The summed E-state index contributed by atoms with van der Waals surface area (Å²) >= 11 is 0. The molecular formula is C6H11F3N2O4S. The number of hydrogen-bond acceptors (Lipinski definition) is 3. The van der Waals surface area contributed by atoms with Gasteiger partial charge in [-0.15, -0.1) is 0 Å². The summed E-state index contributed by atoms with van der Waals surface area (Å²) in [5, 5.41) is 8.21. The molecule has 0 spiro atoms. The Hall–Kier alpha value is -0.870. The average molecular weight is 264 g/mol. The molecule has 0 aliphatic carbocycles. The van der Waals surface area contributed by atoms with Crippen LogP contribution in [-0.4, -0.2) is 38.8 Å². The number of carbonyl (C=O) groups is 1. The monoisotopic (exact) mass is 264 g/mol.